The lowest BCUT2D eigenvalue weighted by Crippen LogP contribution is -2.36. The van der Waals surface area contributed by atoms with E-state index in [4.69, 9.17) is 27.9 Å². The fourth-order valence-electron chi connectivity index (χ4n) is 3.44. The second-order valence-electron chi connectivity index (χ2n) is 6.96. The maximum absolute atomic E-state index is 12.8. The molecule has 2 aromatic carbocycles. The number of aromatic nitrogens is 2. The van der Waals surface area contributed by atoms with Crippen LogP contribution in [-0.2, 0) is 20.7 Å². The number of carbonyl (C=O) groups excluding carboxylic acids is 2. The summed E-state index contributed by atoms with van der Waals surface area (Å²) in [5.74, 6) is -0.959. The molecule has 1 N–H and O–H groups in total. The molecule has 6 nitrogen and oxygen atoms in total. The predicted molar refractivity (Wildman–Crippen MR) is 121 cm³/mol. The van der Waals surface area contributed by atoms with Crippen LogP contribution in [0.15, 0.2) is 48.5 Å². The largest absolute Gasteiger partial charge is 0.464 e. The van der Waals surface area contributed by atoms with Crippen LogP contribution in [0.5, 0.6) is 0 Å². The number of halogens is 2. The molecule has 0 aliphatic carbocycles. The van der Waals surface area contributed by atoms with Crippen LogP contribution in [0.1, 0.15) is 35.5 Å². The van der Waals surface area contributed by atoms with Crippen molar-refractivity contribution in [1.82, 2.24) is 15.1 Å². The maximum Gasteiger partial charge on any atom is 0.333 e. The number of esters is 1. The van der Waals surface area contributed by atoms with Gasteiger partial charge >= 0.3 is 5.97 Å². The van der Waals surface area contributed by atoms with Gasteiger partial charge in [-0.1, -0.05) is 47.5 Å². The number of nitrogens with zero attached hydrogens (tertiary/aromatic N) is 2. The van der Waals surface area contributed by atoms with Crippen molar-refractivity contribution in [3.63, 3.8) is 0 Å². The Morgan fingerprint density at radius 1 is 1.06 bits per heavy atom. The van der Waals surface area contributed by atoms with E-state index in [0.717, 1.165) is 11.4 Å². The van der Waals surface area contributed by atoms with Crippen molar-refractivity contribution < 1.29 is 14.3 Å². The molecule has 3 aromatic rings. The fourth-order valence-corrected chi connectivity index (χ4v) is 3.97. The molecule has 0 aliphatic rings. The van der Waals surface area contributed by atoms with Crippen LogP contribution in [0.3, 0.4) is 0 Å². The van der Waals surface area contributed by atoms with Gasteiger partial charge in [-0.15, -0.1) is 0 Å². The highest BCUT2D eigenvalue weighted by Crippen LogP contribution is 2.27. The lowest BCUT2D eigenvalue weighted by Gasteiger charge is -2.19. The van der Waals surface area contributed by atoms with Crippen molar-refractivity contribution in [3.8, 4) is 5.69 Å². The van der Waals surface area contributed by atoms with Gasteiger partial charge in [-0.2, -0.15) is 5.10 Å². The van der Waals surface area contributed by atoms with Crippen LogP contribution in [-0.4, -0.2) is 28.3 Å². The summed E-state index contributed by atoms with van der Waals surface area (Å²) in [4.78, 5) is 25.6. The number of amides is 1. The SMILES string of the molecule is CCOC(=O)[C@@H](NC(=O)Cc1c(Cl)cccc1Cl)c1c(C)nn(-c2ccccc2)c1C. The summed E-state index contributed by atoms with van der Waals surface area (Å²) in [6.45, 7) is 5.55. The molecule has 1 aromatic heterocycles. The van der Waals surface area contributed by atoms with Gasteiger partial charge < -0.3 is 10.1 Å². The fraction of sp³-hybridized carbons (Fsp3) is 0.261. The van der Waals surface area contributed by atoms with Crippen molar-refractivity contribution in [2.24, 2.45) is 0 Å². The Labute approximate surface area is 191 Å². The van der Waals surface area contributed by atoms with Gasteiger partial charge in [-0.3, -0.25) is 4.79 Å². The highest BCUT2D eigenvalue weighted by Gasteiger charge is 2.30. The Hall–Kier alpha value is -2.83. The Morgan fingerprint density at radius 2 is 1.71 bits per heavy atom. The number of carbonyl (C=O) groups is 2. The minimum Gasteiger partial charge on any atom is -0.464 e. The zero-order valence-corrected chi connectivity index (χ0v) is 19.0. The summed E-state index contributed by atoms with van der Waals surface area (Å²) in [6, 6.07) is 13.6. The second kappa shape index (κ2) is 9.98. The highest BCUT2D eigenvalue weighted by molar-refractivity contribution is 6.36. The number of benzene rings is 2. The van der Waals surface area contributed by atoms with E-state index in [0.29, 0.717) is 26.9 Å². The number of rotatable bonds is 7. The van der Waals surface area contributed by atoms with E-state index in [-0.39, 0.29) is 13.0 Å². The zero-order valence-electron chi connectivity index (χ0n) is 17.5. The Kier molecular flexibility index (Phi) is 7.36. The molecule has 1 amide bonds. The minimum atomic E-state index is -1.01. The van der Waals surface area contributed by atoms with Crippen molar-refractivity contribution in [3.05, 3.63) is 81.1 Å². The quantitative estimate of drug-likeness (QED) is 0.516. The predicted octanol–water partition coefficient (Wildman–Crippen LogP) is 4.76. The van der Waals surface area contributed by atoms with Gasteiger partial charge in [0.2, 0.25) is 5.91 Å². The van der Waals surface area contributed by atoms with Crippen molar-refractivity contribution in [1.29, 1.82) is 0 Å². The van der Waals surface area contributed by atoms with Gasteiger partial charge in [-0.05, 0) is 50.6 Å². The van der Waals surface area contributed by atoms with Gasteiger partial charge in [0.1, 0.15) is 0 Å². The van der Waals surface area contributed by atoms with Crippen molar-refractivity contribution in [2.45, 2.75) is 33.2 Å². The second-order valence-corrected chi connectivity index (χ2v) is 7.78. The molecule has 8 heteroatoms. The summed E-state index contributed by atoms with van der Waals surface area (Å²) in [6.07, 6.45) is -0.0701. The molecule has 1 heterocycles. The first-order valence-electron chi connectivity index (χ1n) is 9.83. The van der Waals surface area contributed by atoms with E-state index < -0.39 is 17.9 Å². The number of aryl methyl sites for hydroxylation is 1. The Balaban J connectivity index is 1.94. The number of nitrogens with one attached hydrogen (secondary N) is 1. The van der Waals surface area contributed by atoms with E-state index in [9.17, 15) is 9.59 Å². The van der Waals surface area contributed by atoms with E-state index in [2.05, 4.69) is 10.4 Å². The normalized spacial score (nSPS) is 11.8. The van der Waals surface area contributed by atoms with Crippen LogP contribution < -0.4 is 5.32 Å². The number of hydrogen-bond donors (Lipinski definition) is 1. The van der Waals surface area contributed by atoms with Crippen LogP contribution in [0.4, 0.5) is 0 Å². The monoisotopic (exact) mass is 459 g/mol. The third-order valence-corrected chi connectivity index (χ3v) is 5.57. The maximum atomic E-state index is 12.8. The number of para-hydroxylation sites is 1. The lowest BCUT2D eigenvalue weighted by atomic mass is 10.0. The van der Waals surface area contributed by atoms with Crippen molar-refractivity contribution >= 4 is 35.1 Å². The van der Waals surface area contributed by atoms with E-state index in [1.54, 1.807) is 36.7 Å². The number of ether oxygens (including phenoxy) is 1. The first-order valence-corrected chi connectivity index (χ1v) is 10.6. The first-order chi connectivity index (χ1) is 14.8. The summed E-state index contributed by atoms with van der Waals surface area (Å²) >= 11 is 12.4. The van der Waals surface area contributed by atoms with E-state index in [1.165, 1.54) is 0 Å². The van der Waals surface area contributed by atoms with Gasteiger partial charge in [0.25, 0.3) is 0 Å². The average Bonchev–Trinajstić information content (AvgIpc) is 3.04. The molecule has 0 spiro atoms. The Bertz CT molecular complexity index is 1080. The summed E-state index contributed by atoms with van der Waals surface area (Å²) in [7, 11) is 0. The zero-order chi connectivity index (χ0) is 22.5. The molecule has 3 rings (SSSR count). The van der Waals surface area contributed by atoms with Crippen LogP contribution in [0.25, 0.3) is 5.69 Å². The lowest BCUT2D eigenvalue weighted by molar-refractivity contribution is -0.147. The van der Waals surface area contributed by atoms with Gasteiger partial charge in [0, 0.05) is 21.3 Å². The average molecular weight is 460 g/mol. The summed E-state index contributed by atoms with van der Waals surface area (Å²) in [5, 5.41) is 8.14. The highest BCUT2D eigenvalue weighted by atomic mass is 35.5. The third kappa shape index (κ3) is 5.09. The number of hydrogen-bond acceptors (Lipinski definition) is 4. The molecule has 31 heavy (non-hydrogen) atoms. The van der Waals surface area contributed by atoms with E-state index in [1.807, 2.05) is 37.3 Å². The molecule has 0 fully saturated rings. The minimum absolute atomic E-state index is 0.0701. The first kappa shape index (κ1) is 22.8. The van der Waals surface area contributed by atoms with E-state index >= 15 is 0 Å². The smallest absolute Gasteiger partial charge is 0.333 e. The van der Waals surface area contributed by atoms with Gasteiger partial charge in [0.15, 0.2) is 6.04 Å². The molecular weight excluding hydrogens is 437 g/mol. The van der Waals surface area contributed by atoms with Gasteiger partial charge in [-0.25, -0.2) is 9.48 Å². The van der Waals surface area contributed by atoms with Crippen LogP contribution in [0.2, 0.25) is 10.0 Å². The molecule has 0 bridgehead atoms. The molecule has 0 radical (unpaired) electrons. The molecule has 162 valence electrons. The van der Waals surface area contributed by atoms with Crippen LogP contribution >= 0.6 is 23.2 Å². The molecule has 1 atom stereocenters. The van der Waals surface area contributed by atoms with Crippen molar-refractivity contribution in [2.75, 3.05) is 6.61 Å². The molecule has 0 unspecified atom stereocenters. The molecule has 0 aliphatic heterocycles. The standard InChI is InChI=1S/C23H23Cl2N3O3/c1-4-31-23(30)22(26-20(29)13-17-18(24)11-8-12-19(17)25)21-14(2)27-28(15(21)3)16-9-6-5-7-10-16/h5-12,22H,4,13H2,1-3H3,(H,26,29)/t22-/m0/s1. The van der Waals surface area contributed by atoms with Gasteiger partial charge in [0.05, 0.1) is 24.4 Å². The molecular formula is C23H23Cl2N3O3. The van der Waals surface area contributed by atoms with Crippen LogP contribution in [0, 0.1) is 13.8 Å². The summed E-state index contributed by atoms with van der Waals surface area (Å²) in [5.41, 5.74) is 3.31. The molecule has 0 saturated carbocycles. The Morgan fingerprint density at radius 3 is 2.32 bits per heavy atom. The topological polar surface area (TPSA) is 73.2 Å². The third-order valence-electron chi connectivity index (χ3n) is 4.86. The molecule has 0 saturated heterocycles. The summed E-state index contributed by atoms with van der Waals surface area (Å²) < 4.78 is 6.98.